The van der Waals surface area contributed by atoms with Gasteiger partial charge in [0.15, 0.2) is 16.7 Å². The second-order valence-corrected chi connectivity index (χ2v) is 8.20. The van der Waals surface area contributed by atoms with Gasteiger partial charge in [0.05, 0.1) is 19.1 Å². The minimum atomic E-state index is -3.76. The van der Waals surface area contributed by atoms with Gasteiger partial charge in [0, 0.05) is 23.7 Å². The number of ether oxygens (including phenoxy) is 2. The van der Waals surface area contributed by atoms with Gasteiger partial charge >= 0.3 is 0 Å². The first kappa shape index (κ1) is 19.1. The first-order valence-corrected chi connectivity index (χ1v) is 10.1. The number of methoxy groups -OCH3 is 2. The van der Waals surface area contributed by atoms with Crippen molar-refractivity contribution in [1.29, 1.82) is 0 Å². The largest absolute Gasteiger partial charge is 0.493 e. The predicted molar refractivity (Wildman–Crippen MR) is 102 cm³/mol. The minimum absolute atomic E-state index is 0.0812. The normalized spacial score (nSPS) is 11.2. The van der Waals surface area contributed by atoms with Crippen LogP contribution in [0.3, 0.4) is 0 Å². The maximum atomic E-state index is 12.6. The summed E-state index contributed by atoms with van der Waals surface area (Å²) in [5.74, 6) is 0.803. The van der Waals surface area contributed by atoms with Gasteiger partial charge in [-0.1, -0.05) is 0 Å². The first-order chi connectivity index (χ1) is 12.9. The van der Waals surface area contributed by atoms with E-state index in [1.165, 1.54) is 38.1 Å². The van der Waals surface area contributed by atoms with Crippen molar-refractivity contribution in [3.05, 3.63) is 48.8 Å². The predicted octanol–water partition coefficient (Wildman–Crippen LogP) is 2.78. The summed E-state index contributed by atoms with van der Waals surface area (Å²) in [5, 5.41) is 8.57. The van der Waals surface area contributed by atoms with E-state index >= 15 is 0 Å². The summed E-state index contributed by atoms with van der Waals surface area (Å²) in [6, 6.07) is 11.4. The fraction of sp³-hybridized carbons (Fsp3) is 0.176. The quantitative estimate of drug-likeness (QED) is 0.644. The monoisotopic (exact) mass is 406 g/mol. The fourth-order valence-corrected chi connectivity index (χ4v) is 4.09. The van der Waals surface area contributed by atoms with Crippen molar-refractivity contribution in [3.63, 3.8) is 0 Å². The molecule has 0 radical (unpaired) electrons. The Morgan fingerprint density at radius 3 is 2.33 bits per heavy atom. The molecule has 1 heterocycles. The summed E-state index contributed by atoms with van der Waals surface area (Å²) in [7, 11) is 1.04. The molecule has 2 aromatic carbocycles. The van der Waals surface area contributed by atoms with Crippen molar-refractivity contribution in [1.82, 2.24) is 14.8 Å². The van der Waals surface area contributed by atoms with Crippen molar-refractivity contribution >= 4 is 27.5 Å². The molecule has 1 N–H and O–H groups in total. The molecular formula is C17H18N4O4S2. The van der Waals surface area contributed by atoms with Crippen LogP contribution in [-0.2, 0) is 17.1 Å². The molecule has 0 spiro atoms. The number of aryl methyl sites for hydroxylation is 1. The van der Waals surface area contributed by atoms with E-state index in [-0.39, 0.29) is 4.90 Å². The van der Waals surface area contributed by atoms with Crippen LogP contribution in [0.1, 0.15) is 0 Å². The van der Waals surface area contributed by atoms with Crippen LogP contribution in [0.2, 0.25) is 0 Å². The summed E-state index contributed by atoms with van der Waals surface area (Å²) in [5.41, 5.74) is 0.451. The lowest BCUT2D eigenvalue weighted by molar-refractivity contribution is 0.354. The first-order valence-electron chi connectivity index (χ1n) is 7.79. The highest BCUT2D eigenvalue weighted by atomic mass is 32.2. The lowest BCUT2D eigenvalue weighted by atomic mass is 10.3. The van der Waals surface area contributed by atoms with Crippen LogP contribution in [0.15, 0.2) is 63.7 Å². The zero-order valence-corrected chi connectivity index (χ0v) is 16.5. The van der Waals surface area contributed by atoms with Crippen LogP contribution < -0.4 is 14.2 Å². The van der Waals surface area contributed by atoms with Crippen LogP contribution in [-0.4, -0.2) is 37.4 Å². The van der Waals surface area contributed by atoms with Crippen molar-refractivity contribution in [3.8, 4) is 11.5 Å². The number of anilines is 1. The number of nitrogens with zero attached hydrogens (tertiary/aromatic N) is 3. The molecule has 0 fully saturated rings. The van der Waals surface area contributed by atoms with Gasteiger partial charge in [0.1, 0.15) is 6.33 Å². The Labute approximate surface area is 161 Å². The topological polar surface area (TPSA) is 95.3 Å². The Balaban J connectivity index is 1.77. The molecule has 0 saturated heterocycles. The second-order valence-electron chi connectivity index (χ2n) is 5.47. The van der Waals surface area contributed by atoms with E-state index in [1.807, 2.05) is 19.2 Å². The van der Waals surface area contributed by atoms with E-state index in [1.54, 1.807) is 29.1 Å². The molecule has 0 aliphatic heterocycles. The van der Waals surface area contributed by atoms with Crippen molar-refractivity contribution in [2.24, 2.45) is 7.05 Å². The number of hydrogen-bond donors (Lipinski definition) is 1. The zero-order valence-electron chi connectivity index (χ0n) is 14.9. The molecule has 142 valence electrons. The van der Waals surface area contributed by atoms with Crippen LogP contribution in [0.5, 0.6) is 11.5 Å². The minimum Gasteiger partial charge on any atom is -0.493 e. The lowest BCUT2D eigenvalue weighted by Crippen LogP contribution is -2.13. The Kier molecular flexibility index (Phi) is 5.57. The number of sulfonamides is 1. The molecule has 27 heavy (non-hydrogen) atoms. The maximum absolute atomic E-state index is 12.6. The number of rotatable bonds is 7. The molecule has 0 aliphatic rings. The summed E-state index contributed by atoms with van der Waals surface area (Å²) in [4.78, 5) is 0.998. The van der Waals surface area contributed by atoms with Gasteiger partial charge in [0.25, 0.3) is 10.0 Å². The highest BCUT2D eigenvalue weighted by molar-refractivity contribution is 7.99. The van der Waals surface area contributed by atoms with E-state index in [2.05, 4.69) is 14.9 Å². The maximum Gasteiger partial charge on any atom is 0.262 e. The van der Waals surface area contributed by atoms with E-state index in [4.69, 9.17) is 9.47 Å². The van der Waals surface area contributed by atoms with E-state index in [0.717, 1.165) is 10.1 Å². The molecule has 3 aromatic rings. The van der Waals surface area contributed by atoms with Crippen molar-refractivity contribution in [2.45, 2.75) is 14.9 Å². The third-order valence-electron chi connectivity index (χ3n) is 3.65. The van der Waals surface area contributed by atoms with E-state index in [0.29, 0.717) is 17.2 Å². The number of benzene rings is 2. The third-order valence-corrected chi connectivity index (χ3v) is 6.09. The number of aromatic nitrogens is 3. The van der Waals surface area contributed by atoms with Gasteiger partial charge in [-0.05, 0) is 48.2 Å². The summed E-state index contributed by atoms with van der Waals surface area (Å²) < 4.78 is 39.9. The Morgan fingerprint density at radius 2 is 1.74 bits per heavy atom. The van der Waals surface area contributed by atoms with Crippen LogP contribution in [0, 0.1) is 0 Å². The molecule has 0 atom stereocenters. The Hall–Kier alpha value is -2.72. The van der Waals surface area contributed by atoms with Crippen LogP contribution in [0.25, 0.3) is 0 Å². The Morgan fingerprint density at radius 1 is 1.04 bits per heavy atom. The Bertz CT molecular complexity index is 1030. The fourth-order valence-electron chi connectivity index (χ4n) is 2.26. The summed E-state index contributed by atoms with van der Waals surface area (Å²) >= 11 is 1.43. The molecule has 0 bridgehead atoms. The molecule has 0 amide bonds. The van der Waals surface area contributed by atoms with Crippen molar-refractivity contribution < 1.29 is 17.9 Å². The van der Waals surface area contributed by atoms with Crippen LogP contribution in [0.4, 0.5) is 5.69 Å². The zero-order chi connectivity index (χ0) is 19.4. The van der Waals surface area contributed by atoms with E-state index < -0.39 is 10.0 Å². The summed E-state index contributed by atoms with van der Waals surface area (Å²) in [6.07, 6.45) is 1.62. The number of hydrogen-bond acceptors (Lipinski definition) is 7. The molecule has 0 unspecified atom stereocenters. The van der Waals surface area contributed by atoms with Gasteiger partial charge in [-0.3, -0.25) is 4.72 Å². The van der Waals surface area contributed by atoms with Gasteiger partial charge in [0.2, 0.25) is 0 Å². The molecule has 1 aromatic heterocycles. The highest BCUT2D eigenvalue weighted by Gasteiger charge is 2.17. The van der Waals surface area contributed by atoms with Gasteiger partial charge in [-0.25, -0.2) is 8.42 Å². The summed E-state index contributed by atoms with van der Waals surface area (Å²) in [6.45, 7) is 0. The number of nitrogens with one attached hydrogen (secondary N) is 1. The van der Waals surface area contributed by atoms with E-state index in [9.17, 15) is 8.42 Å². The lowest BCUT2D eigenvalue weighted by Gasteiger charge is -2.12. The van der Waals surface area contributed by atoms with Crippen molar-refractivity contribution in [2.75, 3.05) is 18.9 Å². The van der Waals surface area contributed by atoms with Gasteiger partial charge < -0.3 is 14.0 Å². The second kappa shape index (κ2) is 7.89. The third kappa shape index (κ3) is 4.34. The standard InChI is InChI=1S/C17H18N4O4S2/c1-21-11-18-19-17(21)26-13-6-4-12(5-7-13)20-27(22,23)14-8-9-15(24-2)16(10-14)25-3/h4-11,20H,1-3H3. The van der Waals surface area contributed by atoms with Gasteiger partial charge in [-0.2, -0.15) is 0 Å². The average Bonchev–Trinajstić information content (AvgIpc) is 3.07. The van der Waals surface area contributed by atoms with Gasteiger partial charge in [-0.15, -0.1) is 10.2 Å². The van der Waals surface area contributed by atoms with Crippen LogP contribution >= 0.6 is 11.8 Å². The average molecular weight is 406 g/mol. The smallest absolute Gasteiger partial charge is 0.262 e. The molecule has 8 nitrogen and oxygen atoms in total. The molecule has 0 aliphatic carbocycles. The molecule has 3 rings (SSSR count). The molecule has 10 heteroatoms. The molecule has 0 saturated carbocycles. The highest BCUT2D eigenvalue weighted by Crippen LogP contribution is 2.31. The SMILES string of the molecule is COc1ccc(S(=O)(=O)Nc2ccc(Sc3nncn3C)cc2)cc1OC. The molecular weight excluding hydrogens is 388 g/mol.